The third kappa shape index (κ3) is 3.20. The molecule has 1 heterocycles. The number of nitrogens with zero attached hydrogens (tertiary/aromatic N) is 2. The molecule has 2 rings (SSSR count). The minimum absolute atomic E-state index is 0.172. The van der Waals surface area contributed by atoms with Crippen LogP contribution in [0.25, 0.3) is 11.1 Å². The molecule has 4 heteroatoms. The molecule has 0 aliphatic carbocycles. The molecule has 1 aromatic heterocycles. The third-order valence-corrected chi connectivity index (χ3v) is 3.08. The molecule has 0 saturated carbocycles. The summed E-state index contributed by atoms with van der Waals surface area (Å²) in [6, 6.07) is 5.72. The van der Waals surface area contributed by atoms with E-state index in [1.165, 1.54) is 0 Å². The number of nitrogens with one attached hydrogen (secondary N) is 1. The summed E-state index contributed by atoms with van der Waals surface area (Å²) in [7, 11) is 1.87. The summed E-state index contributed by atoms with van der Waals surface area (Å²) in [5.74, 6) is -0.172. The highest BCUT2D eigenvalue weighted by atomic mass is 19.1. The van der Waals surface area contributed by atoms with Crippen molar-refractivity contribution < 1.29 is 4.39 Å². The summed E-state index contributed by atoms with van der Waals surface area (Å²) in [5.41, 5.74) is 3.45. The van der Waals surface area contributed by atoms with Gasteiger partial charge in [0.15, 0.2) is 0 Å². The van der Waals surface area contributed by atoms with Crippen molar-refractivity contribution in [2.24, 2.45) is 7.05 Å². The maximum Gasteiger partial charge on any atom is 0.128 e. The topological polar surface area (TPSA) is 29.9 Å². The Kier molecular flexibility index (Phi) is 4.00. The molecule has 0 amide bonds. The Labute approximate surface area is 113 Å². The smallest absolute Gasteiger partial charge is 0.128 e. The summed E-state index contributed by atoms with van der Waals surface area (Å²) in [5, 5.41) is 7.50. The van der Waals surface area contributed by atoms with Crippen molar-refractivity contribution in [3.05, 3.63) is 41.5 Å². The zero-order chi connectivity index (χ0) is 14.0. The van der Waals surface area contributed by atoms with Crippen LogP contribution in [0.4, 0.5) is 4.39 Å². The van der Waals surface area contributed by atoms with Crippen LogP contribution in [0, 0.1) is 12.7 Å². The summed E-state index contributed by atoms with van der Waals surface area (Å²) < 4.78 is 15.8. The average Bonchev–Trinajstić information content (AvgIpc) is 2.66. The molecule has 0 atom stereocenters. The van der Waals surface area contributed by atoms with Gasteiger partial charge >= 0.3 is 0 Å². The molecule has 0 spiro atoms. The quantitative estimate of drug-likeness (QED) is 0.916. The van der Waals surface area contributed by atoms with E-state index in [0.717, 1.165) is 16.8 Å². The van der Waals surface area contributed by atoms with Gasteiger partial charge in [-0.3, -0.25) is 4.68 Å². The fourth-order valence-corrected chi connectivity index (χ4v) is 2.06. The van der Waals surface area contributed by atoms with Gasteiger partial charge in [-0.1, -0.05) is 26.0 Å². The van der Waals surface area contributed by atoms with E-state index in [9.17, 15) is 4.39 Å². The fraction of sp³-hybridized carbons (Fsp3) is 0.400. The average molecular weight is 261 g/mol. The highest BCUT2D eigenvalue weighted by Gasteiger charge is 2.09. The Morgan fingerprint density at radius 2 is 2.11 bits per heavy atom. The van der Waals surface area contributed by atoms with Gasteiger partial charge in [-0.15, -0.1) is 0 Å². The van der Waals surface area contributed by atoms with Crippen LogP contribution in [0.2, 0.25) is 0 Å². The number of benzene rings is 1. The van der Waals surface area contributed by atoms with Gasteiger partial charge in [0.2, 0.25) is 0 Å². The standard InChI is InChI=1S/C15H20FN3/c1-10(2)17-8-13-6-5-12(7-15(13)16)14-9-19(4)18-11(14)3/h5-7,9-10,17H,8H2,1-4H3. The SMILES string of the molecule is Cc1nn(C)cc1-c1ccc(CNC(C)C)c(F)c1. The molecule has 102 valence electrons. The number of hydrogen-bond acceptors (Lipinski definition) is 2. The maximum atomic E-state index is 14.1. The molecule has 0 fully saturated rings. The lowest BCUT2D eigenvalue weighted by molar-refractivity contribution is 0.553. The lowest BCUT2D eigenvalue weighted by atomic mass is 10.0. The summed E-state index contributed by atoms with van der Waals surface area (Å²) in [6.07, 6.45) is 1.91. The van der Waals surface area contributed by atoms with Gasteiger partial charge in [-0.25, -0.2) is 4.39 Å². The van der Waals surface area contributed by atoms with Crippen molar-refractivity contribution >= 4 is 0 Å². The second kappa shape index (κ2) is 5.53. The largest absolute Gasteiger partial charge is 0.310 e. The molecule has 2 aromatic rings. The van der Waals surface area contributed by atoms with Crippen LogP contribution in [0.3, 0.4) is 0 Å². The van der Waals surface area contributed by atoms with Crippen LogP contribution in [0.15, 0.2) is 24.4 Å². The van der Waals surface area contributed by atoms with Crippen molar-refractivity contribution in [3.8, 4) is 11.1 Å². The van der Waals surface area contributed by atoms with E-state index in [1.54, 1.807) is 10.7 Å². The molecule has 0 aliphatic rings. The van der Waals surface area contributed by atoms with E-state index >= 15 is 0 Å². The minimum atomic E-state index is -0.172. The van der Waals surface area contributed by atoms with E-state index in [1.807, 2.05) is 46.1 Å². The Bertz CT molecular complexity index is 573. The van der Waals surface area contributed by atoms with Gasteiger partial charge in [-0.05, 0) is 18.6 Å². The minimum Gasteiger partial charge on any atom is -0.310 e. The Hall–Kier alpha value is -1.68. The van der Waals surface area contributed by atoms with Crippen molar-refractivity contribution in [3.63, 3.8) is 0 Å². The van der Waals surface area contributed by atoms with E-state index in [2.05, 4.69) is 10.4 Å². The molecule has 1 aromatic carbocycles. The van der Waals surface area contributed by atoms with Gasteiger partial charge in [-0.2, -0.15) is 5.10 Å². The van der Waals surface area contributed by atoms with Gasteiger partial charge in [0.1, 0.15) is 5.82 Å². The number of hydrogen-bond donors (Lipinski definition) is 1. The van der Waals surface area contributed by atoms with Crippen LogP contribution in [0.5, 0.6) is 0 Å². The van der Waals surface area contributed by atoms with Crippen LogP contribution in [-0.4, -0.2) is 15.8 Å². The van der Waals surface area contributed by atoms with E-state index in [-0.39, 0.29) is 5.82 Å². The number of halogens is 1. The van der Waals surface area contributed by atoms with Crippen LogP contribution >= 0.6 is 0 Å². The molecule has 0 unspecified atom stereocenters. The van der Waals surface area contributed by atoms with Crippen LogP contribution in [-0.2, 0) is 13.6 Å². The molecule has 0 radical (unpaired) electrons. The summed E-state index contributed by atoms with van der Waals surface area (Å²) >= 11 is 0. The van der Waals surface area contributed by atoms with E-state index in [0.29, 0.717) is 18.2 Å². The van der Waals surface area contributed by atoms with Crippen LogP contribution < -0.4 is 5.32 Å². The molecule has 3 nitrogen and oxygen atoms in total. The first-order valence-corrected chi connectivity index (χ1v) is 6.50. The van der Waals surface area contributed by atoms with Gasteiger partial charge in [0, 0.05) is 37.0 Å². The number of aryl methyl sites for hydroxylation is 2. The second-order valence-corrected chi connectivity index (χ2v) is 5.14. The third-order valence-electron chi connectivity index (χ3n) is 3.08. The molecule has 0 saturated heterocycles. The Morgan fingerprint density at radius 1 is 1.37 bits per heavy atom. The lowest BCUT2D eigenvalue weighted by Gasteiger charge is -2.10. The molecular formula is C15H20FN3. The van der Waals surface area contributed by atoms with E-state index < -0.39 is 0 Å². The Morgan fingerprint density at radius 3 is 2.63 bits per heavy atom. The summed E-state index contributed by atoms with van der Waals surface area (Å²) in [6.45, 7) is 6.58. The number of aromatic nitrogens is 2. The molecule has 0 bridgehead atoms. The predicted molar refractivity (Wildman–Crippen MR) is 75.3 cm³/mol. The highest BCUT2D eigenvalue weighted by molar-refractivity contribution is 5.65. The molecule has 1 N–H and O–H groups in total. The highest BCUT2D eigenvalue weighted by Crippen LogP contribution is 2.24. The van der Waals surface area contributed by atoms with Crippen molar-refractivity contribution in [1.29, 1.82) is 0 Å². The van der Waals surface area contributed by atoms with E-state index in [4.69, 9.17) is 0 Å². The van der Waals surface area contributed by atoms with Gasteiger partial charge in [0.05, 0.1) is 5.69 Å². The van der Waals surface area contributed by atoms with Gasteiger partial charge < -0.3 is 5.32 Å². The second-order valence-electron chi connectivity index (χ2n) is 5.14. The number of rotatable bonds is 4. The normalized spacial score (nSPS) is 11.3. The molecule has 19 heavy (non-hydrogen) atoms. The summed E-state index contributed by atoms with van der Waals surface area (Å²) in [4.78, 5) is 0. The molecule has 0 aliphatic heterocycles. The Balaban J connectivity index is 2.26. The first kappa shape index (κ1) is 13.7. The van der Waals surface area contributed by atoms with Crippen molar-refractivity contribution in [1.82, 2.24) is 15.1 Å². The molecular weight excluding hydrogens is 241 g/mol. The first-order chi connectivity index (χ1) is 8.97. The predicted octanol–water partition coefficient (Wildman–Crippen LogP) is 3.03. The van der Waals surface area contributed by atoms with Crippen molar-refractivity contribution in [2.75, 3.05) is 0 Å². The zero-order valence-electron chi connectivity index (χ0n) is 11.9. The van der Waals surface area contributed by atoms with Gasteiger partial charge in [0.25, 0.3) is 0 Å². The van der Waals surface area contributed by atoms with Crippen molar-refractivity contribution in [2.45, 2.75) is 33.4 Å². The van der Waals surface area contributed by atoms with Crippen LogP contribution in [0.1, 0.15) is 25.1 Å². The zero-order valence-corrected chi connectivity index (χ0v) is 11.9. The first-order valence-electron chi connectivity index (χ1n) is 6.50. The maximum absolute atomic E-state index is 14.1. The fourth-order valence-electron chi connectivity index (χ4n) is 2.06. The lowest BCUT2D eigenvalue weighted by Crippen LogP contribution is -2.22. The monoisotopic (exact) mass is 261 g/mol.